The summed E-state index contributed by atoms with van der Waals surface area (Å²) in [5.41, 5.74) is 0. The van der Waals surface area contributed by atoms with E-state index in [1.54, 1.807) is 0 Å². The van der Waals surface area contributed by atoms with E-state index in [1.807, 2.05) is 0 Å². The quantitative estimate of drug-likeness (QED) is 0.0262. The van der Waals surface area contributed by atoms with Crippen LogP contribution in [0.3, 0.4) is 0 Å². The van der Waals surface area contributed by atoms with Crippen LogP contribution < -0.4 is 0 Å². The summed E-state index contributed by atoms with van der Waals surface area (Å²) in [6, 6.07) is 0. The highest BCUT2D eigenvalue weighted by molar-refractivity contribution is 5.71. The lowest BCUT2D eigenvalue weighted by Crippen LogP contribution is -2.30. The Balaban J connectivity index is 4.33. The van der Waals surface area contributed by atoms with Crippen LogP contribution in [0.5, 0.6) is 0 Å². The second kappa shape index (κ2) is 53.5. The van der Waals surface area contributed by atoms with E-state index in [9.17, 15) is 14.4 Å². The highest BCUT2D eigenvalue weighted by atomic mass is 16.6. The van der Waals surface area contributed by atoms with Gasteiger partial charge in [-0.15, -0.1) is 0 Å². The normalized spacial score (nSPS) is 12.1. The van der Waals surface area contributed by atoms with Crippen molar-refractivity contribution in [1.29, 1.82) is 0 Å². The zero-order chi connectivity index (χ0) is 46.5. The molecule has 0 amide bonds. The monoisotopic (exact) mass is 901 g/mol. The molecule has 0 radical (unpaired) electrons. The van der Waals surface area contributed by atoms with E-state index in [1.165, 1.54) is 205 Å². The van der Waals surface area contributed by atoms with Crippen molar-refractivity contribution in [1.82, 2.24) is 0 Å². The molecule has 0 saturated carbocycles. The topological polar surface area (TPSA) is 78.9 Å². The number of hydrogen-bond donors (Lipinski definition) is 0. The molecule has 0 fully saturated rings. The molecule has 0 aliphatic rings. The summed E-state index contributed by atoms with van der Waals surface area (Å²) in [6.07, 6.45) is 61.6. The summed E-state index contributed by atoms with van der Waals surface area (Å²) in [6.45, 7) is 6.66. The van der Waals surface area contributed by atoms with Gasteiger partial charge >= 0.3 is 17.9 Å². The minimum absolute atomic E-state index is 0.0714. The SMILES string of the molecule is CCCCCC/C=C\CCCCCCCCCC(=O)OC(COC(=O)CCCCCCC/C=C\CCCCCCCCCCC)COC(=O)CCCCCCCCCCCCCCC. The van der Waals surface area contributed by atoms with Crippen LogP contribution in [0.1, 0.15) is 310 Å². The molecule has 0 bridgehead atoms. The van der Waals surface area contributed by atoms with Gasteiger partial charge in [0.05, 0.1) is 0 Å². The van der Waals surface area contributed by atoms with Gasteiger partial charge in [0.1, 0.15) is 13.2 Å². The molecule has 1 atom stereocenters. The van der Waals surface area contributed by atoms with Crippen molar-refractivity contribution in [2.24, 2.45) is 0 Å². The maximum Gasteiger partial charge on any atom is 0.306 e. The summed E-state index contributed by atoms with van der Waals surface area (Å²) >= 11 is 0. The predicted octanol–water partition coefficient (Wildman–Crippen LogP) is 18.7. The van der Waals surface area contributed by atoms with Crippen molar-refractivity contribution < 1.29 is 28.6 Å². The van der Waals surface area contributed by atoms with Gasteiger partial charge in [0.2, 0.25) is 0 Å². The van der Waals surface area contributed by atoms with Gasteiger partial charge in [0, 0.05) is 19.3 Å². The van der Waals surface area contributed by atoms with Crippen molar-refractivity contribution in [3.05, 3.63) is 24.3 Å². The number of esters is 3. The molecule has 0 aliphatic carbocycles. The summed E-state index contributed by atoms with van der Waals surface area (Å²) < 4.78 is 16.9. The zero-order valence-corrected chi connectivity index (χ0v) is 43.1. The minimum Gasteiger partial charge on any atom is -0.462 e. The van der Waals surface area contributed by atoms with E-state index in [4.69, 9.17) is 14.2 Å². The Hall–Kier alpha value is -2.11. The molecule has 0 aromatic carbocycles. The molecule has 0 saturated heterocycles. The Morgan fingerprint density at radius 2 is 0.516 bits per heavy atom. The molecule has 6 heteroatoms. The third-order valence-corrected chi connectivity index (χ3v) is 12.7. The number of unbranched alkanes of at least 4 members (excludes halogenated alkanes) is 37. The average Bonchev–Trinajstić information content (AvgIpc) is 3.29. The molecular formula is C58H108O6. The number of rotatable bonds is 52. The highest BCUT2D eigenvalue weighted by Crippen LogP contribution is 2.16. The zero-order valence-electron chi connectivity index (χ0n) is 43.1. The van der Waals surface area contributed by atoms with Gasteiger partial charge in [-0.25, -0.2) is 0 Å². The van der Waals surface area contributed by atoms with Crippen molar-refractivity contribution in [3.8, 4) is 0 Å². The Labute approximate surface area is 398 Å². The lowest BCUT2D eigenvalue weighted by atomic mass is 10.0. The first-order chi connectivity index (χ1) is 31.5. The molecule has 0 aromatic heterocycles. The fraction of sp³-hybridized carbons (Fsp3) is 0.879. The lowest BCUT2D eigenvalue weighted by molar-refractivity contribution is -0.167. The Morgan fingerprint density at radius 1 is 0.297 bits per heavy atom. The van der Waals surface area contributed by atoms with Gasteiger partial charge in [-0.2, -0.15) is 0 Å². The Kier molecular flexibility index (Phi) is 51.7. The largest absolute Gasteiger partial charge is 0.462 e. The van der Waals surface area contributed by atoms with Crippen LogP contribution in [-0.2, 0) is 28.6 Å². The number of hydrogen-bond acceptors (Lipinski definition) is 6. The van der Waals surface area contributed by atoms with E-state index < -0.39 is 6.10 Å². The molecule has 0 aromatic rings. The van der Waals surface area contributed by atoms with Gasteiger partial charge in [-0.1, -0.05) is 244 Å². The molecule has 0 rings (SSSR count). The average molecular weight is 901 g/mol. The van der Waals surface area contributed by atoms with Gasteiger partial charge in [-0.05, 0) is 70.6 Å². The third-order valence-electron chi connectivity index (χ3n) is 12.7. The van der Waals surface area contributed by atoms with Crippen molar-refractivity contribution in [2.75, 3.05) is 13.2 Å². The maximum absolute atomic E-state index is 12.8. The first-order valence-corrected chi connectivity index (χ1v) is 28.3. The first kappa shape index (κ1) is 61.9. The van der Waals surface area contributed by atoms with E-state index in [0.29, 0.717) is 19.3 Å². The van der Waals surface area contributed by atoms with Crippen LogP contribution >= 0.6 is 0 Å². The molecule has 0 heterocycles. The lowest BCUT2D eigenvalue weighted by Gasteiger charge is -2.18. The summed E-state index contributed by atoms with van der Waals surface area (Å²) in [7, 11) is 0. The van der Waals surface area contributed by atoms with Crippen LogP contribution in [0.2, 0.25) is 0 Å². The summed E-state index contributed by atoms with van der Waals surface area (Å²) in [5.74, 6) is -0.867. The molecule has 376 valence electrons. The molecule has 0 aliphatic heterocycles. The van der Waals surface area contributed by atoms with E-state index in [2.05, 4.69) is 45.1 Å². The number of allylic oxidation sites excluding steroid dienone is 4. The van der Waals surface area contributed by atoms with Crippen LogP contribution in [0.15, 0.2) is 24.3 Å². The van der Waals surface area contributed by atoms with Crippen LogP contribution in [0.4, 0.5) is 0 Å². The second-order valence-corrected chi connectivity index (χ2v) is 19.2. The fourth-order valence-electron chi connectivity index (χ4n) is 8.37. The highest BCUT2D eigenvalue weighted by Gasteiger charge is 2.19. The molecule has 1 unspecified atom stereocenters. The van der Waals surface area contributed by atoms with Crippen molar-refractivity contribution in [2.45, 2.75) is 316 Å². The maximum atomic E-state index is 12.8. The van der Waals surface area contributed by atoms with E-state index in [-0.39, 0.29) is 31.1 Å². The third kappa shape index (κ3) is 50.9. The van der Waals surface area contributed by atoms with Crippen molar-refractivity contribution in [3.63, 3.8) is 0 Å². The number of carbonyl (C=O) groups excluding carboxylic acids is 3. The van der Waals surface area contributed by atoms with Gasteiger partial charge in [0.25, 0.3) is 0 Å². The minimum atomic E-state index is -0.772. The molecular weight excluding hydrogens is 793 g/mol. The second-order valence-electron chi connectivity index (χ2n) is 19.2. The standard InChI is InChI=1S/C58H108O6/c1-4-7-10-13-16-19-22-25-27-28-29-31-33-36-39-42-45-48-51-57(60)63-54-55(53-62-56(59)50-47-44-41-38-35-32-24-21-18-15-12-9-6-3)64-58(61)52-49-46-43-40-37-34-30-26-23-20-17-14-11-8-5-2/h20,23,29,31,55H,4-19,21-22,24-28,30,32-54H2,1-3H3/b23-20-,31-29-. The summed E-state index contributed by atoms with van der Waals surface area (Å²) in [4.78, 5) is 38.1. The van der Waals surface area contributed by atoms with Crippen LogP contribution in [-0.4, -0.2) is 37.2 Å². The smallest absolute Gasteiger partial charge is 0.306 e. The Bertz CT molecular complexity index is 1040. The molecule has 0 N–H and O–H groups in total. The molecule has 0 spiro atoms. The van der Waals surface area contributed by atoms with Gasteiger partial charge < -0.3 is 14.2 Å². The molecule has 6 nitrogen and oxygen atoms in total. The van der Waals surface area contributed by atoms with Crippen LogP contribution in [0.25, 0.3) is 0 Å². The van der Waals surface area contributed by atoms with E-state index in [0.717, 1.165) is 64.2 Å². The Morgan fingerprint density at radius 3 is 0.797 bits per heavy atom. The van der Waals surface area contributed by atoms with Gasteiger partial charge in [-0.3, -0.25) is 14.4 Å². The number of ether oxygens (including phenoxy) is 3. The number of carbonyl (C=O) groups is 3. The fourth-order valence-corrected chi connectivity index (χ4v) is 8.37. The van der Waals surface area contributed by atoms with Gasteiger partial charge in [0.15, 0.2) is 6.10 Å². The summed E-state index contributed by atoms with van der Waals surface area (Å²) in [5, 5.41) is 0. The van der Waals surface area contributed by atoms with E-state index >= 15 is 0 Å². The molecule has 64 heavy (non-hydrogen) atoms. The van der Waals surface area contributed by atoms with Crippen molar-refractivity contribution >= 4 is 17.9 Å². The first-order valence-electron chi connectivity index (χ1n) is 28.3. The van der Waals surface area contributed by atoms with Crippen LogP contribution in [0, 0.1) is 0 Å². The predicted molar refractivity (Wildman–Crippen MR) is 275 cm³/mol.